The lowest BCUT2D eigenvalue weighted by Crippen LogP contribution is -2.30. The van der Waals surface area contributed by atoms with Crippen molar-refractivity contribution in [3.05, 3.63) is 28.8 Å². The third kappa shape index (κ3) is 4.10. The number of rotatable bonds is 5. The molecule has 0 atom stereocenters. The summed E-state index contributed by atoms with van der Waals surface area (Å²) in [5.41, 5.74) is 2.52. The van der Waals surface area contributed by atoms with Crippen molar-refractivity contribution in [2.24, 2.45) is 5.92 Å². The average molecular weight is 283 g/mol. The quantitative estimate of drug-likeness (QED) is 0.899. The summed E-state index contributed by atoms with van der Waals surface area (Å²) < 4.78 is 5.42. The van der Waals surface area contributed by atoms with E-state index >= 15 is 0 Å². The molecule has 1 aromatic rings. The molecular formula is C15H23ClN2O. The van der Waals surface area contributed by atoms with Crippen LogP contribution in [0.25, 0.3) is 0 Å². The van der Waals surface area contributed by atoms with Crippen LogP contribution in [0.15, 0.2) is 18.2 Å². The summed E-state index contributed by atoms with van der Waals surface area (Å²) >= 11 is 6.09. The summed E-state index contributed by atoms with van der Waals surface area (Å²) in [6.45, 7) is 3.74. The summed E-state index contributed by atoms with van der Waals surface area (Å²) in [6.07, 6.45) is 2.33. The van der Waals surface area contributed by atoms with Gasteiger partial charge < -0.3 is 15.0 Å². The Morgan fingerprint density at radius 1 is 1.37 bits per heavy atom. The van der Waals surface area contributed by atoms with E-state index in [-0.39, 0.29) is 0 Å². The summed E-state index contributed by atoms with van der Waals surface area (Å²) in [4.78, 5) is 2.35. The van der Waals surface area contributed by atoms with Crippen LogP contribution in [0.2, 0.25) is 5.02 Å². The lowest BCUT2D eigenvalue weighted by atomic mass is 9.99. The van der Waals surface area contributed by atoms with Crippen molar-refractivity contribution in [3.63, 3.8) is 0 Å². The molecule has 1 aromatic carbocycles. The maximum atomic E-state index is 6.09. The molecule has 1 saturated heterocycles. The second kappa shape index (κ2) is 7.13. The van der Waals surface area contributed by atoms with Gasteiger partial charge >= 0.3 is 0 Å². The normalized spacial score (nSPS) is 16.6. The SMILES string of the molecule is CNCc1cc(Cl)ccc1N(C)CC1CCOCC1. The van der Waals surface area contributed by atoms with Gasteiger partial charge in [0.25, 0.3) is 0 Å². The van der Waals surface area contributed by atoms with E-state index < -0.39 is 0 Å². The number of halogens is 1. The van der Waals surface area contributed by atoms with E-state index in [9.17, 15) is 0 Å². The predicted molar refractivity (Wildman–Crippen MR) is 81.0 cm³/mol. The first-order valence-electron chi connectivity index (χ1n) is 6.92. The van der Waals surface area contributed by atoms with Gasteiger partial charge in [0.2, 0.25) is 0 Å². The van der Waals surface area contributed by atoms with Crippen molar-refractivity contribution in [1.29, 1.82) is 0 Å². The molecule has 1 heterocycles. The van der Waals surface area contributed by atoms with Crippen molar-refractivity contribution in [2.45, 2.75) is 19.4 Å². The van der Waals surface area contributed by atoms with Crippen LogP contribution in [0.1, 0.15) is 18.4 Å². The average Bonchev–Trinajstić information content (AvgIpc) is 2.40. The molecule has 2 rings (SSSR count). The van der Waals surface area contributed by atoms with Crippen LogP contribution in [0, 0.1) is 5.92 Å². The smallest absolute Gasteiger partial charge is 0.0469 e. The Balaban J connectivity index is 2.06. The zero-order valence-corrected chi connectivity index (χ0v) is 12.5. The fourth-order valence-electron chi connectivity index (χ4n) is 2.67. The molecule has 3 nitrogen and oxygen atoms in total. The molecule has 1 fully saturated rings. The highest BCUT2D eigenvalue weighted by molar-refractivity contribution is 6.30. The standard InChI is InChI=1S/C15H23ClN2O/c1-17-10-13-9-14(16)3-4-15(13)18(2)11-12-5-7-19-8-6-12/h3-4,9,12,17H,5-8,10-11H2,1-2H3. The Hall–Kier alpha value is -0.770. The van der Waals surface area contributed by atoms with E-state index in [4.69, 9.17) is 16.3 Å². The van der Waals surface area contributed by atoms with E-state index in [0.29, 0.717) is 0 Å². The number of nitrogens with zero attached hydrogens (tertiary/aromatic N) is 1. The molecule has 0 bridgehead atoms. The third-order valence-electron chi connectivity index (χ3n) is 3.69. The molecule has 0 aliphatic carbocycles. The number of ether oxygens (including phenoxy) is 1. The molecule has 0 spiro atoms. The number of anilines is 1. The molecule has 0 radical (unpaired) electrons. The summed E-state index contributed by atoms with van der Waals surface area (Å²) in [7, 11) is 4.13. The van der Waals surface area contributed by atoms with Crippen LogP contribution in [0.3, 0.4) is 0 Å². The second-order valence-electron chi connectivity index (χ2n) is 5.24. The van der Waals surface area contributed by atoms with E-state index in [1.165, 1.54) is 24.1 Å². The molecule has 1 aliphatic rings. The zero-order valence-electron chi connectivity index (χ0n) is 11.8. The van der Waals surface area contributed by atoms with Gasteiger partial charge in [0, 0.05) is 44.1 Å². The Bertz CT molecular complexity index is 405. The molecule has 0 aromatic heterocycles. The third-order valence-corrected chi connectivity index (χ3v) is 3.93. The molecule has 1 aliphatic heterocycles. The Morgan fingerprint density at radius 2 is 2.11 bits per heavy atom. The number of nitrogens with one attached hydrogen (secondary N) is 1. The van der Waals surface area contributed by atoms with Gasteiger partial charge in [-0.1, -0.05) is 11.6 Å². The lowest BCUT2D eigenvalue weighted by Gasteiger charge is -2.29. The summed E-state index contributed by atoms with van der Waals surface area (Å²) in [5.74, 6) is 0.733. The van der Waals surface area contributed by atoms with E-state index in [2.05, 4.69) is 23.3 Å². The Labute approximate surface area is 120 Å². The van der Waals surface area contributed by atoms with Crippen LogP contribution >= 0.6 is 11.6 Å². The maximum absolute atomic E-state index is 6.09. The van der Waals surface area contributed by atoms with Gasteiger partial charge in [-0.3, -0.25) is 0 Å². The van der Waals surface area contributed by atoms with Crippen molar-refractivity contribution < 1.29 is 4.74 Å². The van der Waals surface area contributed by atoms with E-state index in [1.54, 1.807) is 0 Å². The van der Waals surface area contributed by atoms with Crippen LogP contribution in [0.5, 0.6) is 0 Å². The molecule has 106 valence electrons. The first-order valence-corrected chi connectivity index (χ1v) is 7.30. The van der Waals surface area contributed by atoms with Crippen LogP contribution in [0.4, 0.5) is 5.69 Å². The minimum absolute atomic E-state index is 0.733. The summed E-state index contributed by atoms with van der Waals surface area (Å²) in [5, 5.41) is 4.00. The van der Waals surface area contributed by atoms with E-state index in [0.717, 1.165) is 37.2 Å². The molecule has 0 unspecified atom stereocenters. The van der Waals surface area contributed by atoms with Crippen LogP contribution in [-0.2, 0) is 11.3 Å². The highest BCUT2D eigenvalue weighted by Gasteiger charge is 2.17. The minimum atomic E-state index is 0.733. The molecule has 19 heavy (non-hydrogen) atoms. The Kier molecular flexibility index (Phi) is 5.49. The van der Waals surface area contributed by atoms with Gasteiger partial charge in [0.15, 0.2) is 0 Å². The first kappa shape index (κ1) is 14.6. The maximum Gasteiger partial charge on any atom is 0.0469 e. The number of hydrogen-bond acceptors (Lipinski definition) is 3. The van der Waals surface area contributed by atoms with E-state index in [1.807, 2.05) is 19.2 Å². The minimum Gasteiger partial charge on any atom is -0.381 e. The lowest BCUT2D eigenvalue weighted by molar-refractivity contribution is 0.0685. The van der Waals surface area contributed by atoms with Crippen molar-refractivity contribution >= 4 is 17.3 Å². The molecule has 0 saturated carbocycles. The highest BCUT2D eigenvalue weighted by atomic mass is 35.5. The fraction of sp³-hybridized carbons (Fsp3) is 0.600. The van der Waals surface area contributed by atoms with Gasteiger partial charge in [0.05, 0.1) is 0 Å². The van der Waals surface area contributed by atoms with Crippen LogP contribution in [-0.4, -0.2) is 33.9 Å². The molecular weight excluding hydrogens is 260 g/mol. The van der Waals surface area contributed by atoms with Crippen LogP contribution < -0.4 is 10.2 Å². The first-order chi connectivity index (χ1) is 9.20. The van der Waals surface area contributed by atoms with Gasteiger partial charge in [-0.2, -0.15) is 0 Å². The molecule has 4 heteroatoms. The van der Waals surface area contributed by atoms with Gasteiger partial charge in [-0.05, 0) is 49.6 Å². The van der Waals surface area contributed by atoms with Gasteiger partial charge in [-0.25, -0.2) is 0 Å². The predicted octanol–water partition coefficient (Wildman–Crippen LogP) is 2.92. The van der Waals surface area contributed by atoms with Gasteiger partial charge in [0.1, 0.15) is 0 Å². The second-order valence-corrected chi connectivity index (χ2v) is 5.68. The fourth-order valence-corrected chi connectivity index (χ4v) is 2.87. The van der Waals surface area contributed by atoms with Gasteiger partial charge in [-0.15, -0.1) is 0 Å². The Morgan fingerprint density at radius 3 is 2.79 bits per heavy atom. The molecule has 0 amide bonds. The van der Waals surface area contributed by atoms with Crippen molar-refractivity contribution in [1.82, 2.24) is 5.32 Å². The van der Waals surface area contributed by atoms with Crippen molar-refractivity contribution in [2.75, 3.05) is 38.8 Å². The largest absolute Gasteiger partial charge is 0.381 e. The number of benzene rings is 1. The molecule has 1 N–H and O–H groups in total. The highest BCUT2D eigenvalue weighted by Crippen LogP contribution is 2.26. The topological polar surface area (TPSA) is 24.5 Å². The number of hydrogen-bond donors (Lipinski definition) is 1. The van der Waals surface area contributed by atoms with Crippen molar-refractivity contribution in [3.8, 4) is 0 Å². The monoisotopic (exact) mass is 282 g/mol. The zero-order chi connectivity index (χ0) is 13.7. The summed E-state index contributed by atoms with van der Waals surface area (Å²) in [6, 6.07) is 6.14.